The molecule has 0 aliphatic carbocycles. The van der Waals surface area contributed by atoms with Gasteiger partial charge in [-0.2, -0.15) is 0 Å². The molecule has 3 nitrogen and oxygen atoms in total. The maximum atomic E-state index is 4.72. The maximum Gasteiger partial charge on any atom is 0.148 e. The van der Waals surface area contributed by atoms with Crippen molar-refractivity contribution < 1.29 is 4.90 Å². The van der Waals surface area contributed by atoms with Crippen molar-refractivity contribution in [3.8, 4) is 0 Å². The third kappa shape index (κ3) is 2.75. The van der Waals surface area contributed by atoms with Crippen molar-refractivity contribution in [2.45, 2.75) is 13.1 Å². The van der Waals surface area contributed by atoms with Gasteiger partial charge >= 0.3 is 0 Å². The van der Waals surface area contributed by atoms with Crippen LogP contribution in [0.1, 0.15) is 10.0 Å². The molecule has 0 fully saturated rings. The Hall–Kier alpha value is -1.82. The number of hydrogen-bond donors (Lipinski definition) is 1. The zero-order valence-corrected chi connectivity index (χ0v) is 13.9. The molecule has 0 aliphatic heterocycles. The van der Waals surface area contributed by atoms with E-state index in [1.807, 2.05) is 12.1 Å². The highest BCUT2D eigenvalue weighted by molar-refractivity contribution is 7.18. The lowest BCUT2D eigenvalue weighted by Gasteiger charge is -2.09. The predicted molar refractivity (Wildman–Crippen MR) is 93.5 cm³/mol. The fraction of sp³-hybridized carbons (Fsp3) is 0.176. The largest absolute Gasteiger partial charge is 0.326 e. The van der Waals surface area contributed by atoms with Crippen molar-refractivity contribution in [1.29, 1.82) is 0 Å². The van der Waals surface area contributed by atoms with Crippen molar-refractivity contribution in [2.24, 2.45) is 0 Å². The maximum absolute atomic E-state index is 4.72. The molecule has 0 aliphatic rings. The van der Waals surface area contributed by atoms with Crippen LogP contribution in [0.3, 0.4) is 0 Å². The van der Waals surface area contributed by atoms with Gasteiger partial charge in [-0.05, 0) is 24.3 Å². The van der Waals surface area contributed by atoms with E-state index in [2.05, 4.69) is 43.4 Å². The number of thiazole rings is 2. The summed E-state index contributed by atoms with van der Waals surface area (Å²) >= 11 is 3.58. The molecule has 2 heterocycles. The molecule has 0 spiro atoms. The van der Waals surface area contributed by atoms with Gasteiger partial charge in [0.1, 0.15) is 23.1 Å². The first-order valence-corrected chi connectivity index (χ1v) is 8.91. The Bertz CT molecular complexity index is 784. The highest BCUT2D eigenvalue weighted by atomic mass is 32.1. The van der Waals surface area contributed by atoms with Crippen LogP contribution < -0.4 is 4.90 Å². The molecule has 2 aromatic heterocycles. The Morgan fingerprint density at radius 2 is 1.23 bits per heavy atom. The molecule has 110 valence electrons. The summed E-state index contributed by atoms with van der Waals surface area (Å²) in [4.78, 5) is 10.9. The third-order valence-electron chi connectivity index (χ3n) is 3.58. The number of nitrogens with one attached hydrogen (secondary N) is 1. The smallest absolute Gasteiger partial charge is 0.148 e. The first kappa shape index (κ1) is 13.8. The lowest BCUT2D eigenvalue weighted by atomic mass is 10.3. The molecular formula is C17H16N3S2+. The Kier molecular flexibility index (Phi) is 3.62. The van der Waals surface area contributed by atoms with Gasteiger partial charge in [-0.25, -0.2) is 9.97 Å². The summed E-state index contributed by atoms with van der Waals surface area (Å²) in [5.74, 6) is 0. The summed E-state index contributed by atoms with van der Waals surface area (Å²) < 4.78 is 2.54. The zero-order valence-electron chi connectivity index (χ0n) is 12.2. The van der Waals surface area contributed by atoms with Gasteiger partial charge in [-0.3, -0.25) is 0 Å². The number of aromatic nitrogens is 2. The van der Waals surface area contributed by atoms with Crippen molar-refractivity contribution in [2.75, 3.05) is 7.05 Å². The molecule has 0 radical (unpaired) electrons. The summed E-state index contributed by atoms with van der Waals surface area (Å²) in [6.07, 6.45) is 0. The topological polar surface area (TPSA) is 30.2 Å². The number of hydrogen-bond acceptors (Lipinski definition) is 4. The summed E-state index contributed by atoms with van der Waals surface area (Å²) in [6.45, 7) is 1.88. The number of nitrogens with zero attached hydrogens (tertiary/aromatic N) is 2. The van der Waals surface area contributed by atoms with Gasteiger partial charge in [-0.1, -0.05) is 24.3 Å². The first-order chi connectivity index (χ1) is 10.8. The van der Waals surface area contributed by atoms with Crippen LogP contribution in [-0.4, -0.2) is 17.0 Å². The van der Waals surface area contributed by atoms with Crippen LogP contribution in [0, 0.1) is 0 Å². The number of rotatable bonds is 4. The van der Waals surface area contributed by atoms with Crippen LogP contribution in [-0.2, 0) is 13.1 Å². The van der Waals surface area contributed by atoms with Crippen LogP contribution in [0.5, 0.6) is 0 Å². The molecule has 0 saturated carbocycles. The van der Waals surface area contributed by atoms with Gasteiger partial charge in [0.2, 0.25) is 0 Å². The lowest BCUT2D eigenvalue weighted by Crippen LogP contribution is -3.06. The molecule has 1 N–H and O–H groups in total. The fourth-order valence-corrected chi connectivity index (χ4v) is 4.73. The molecule has 0 unspecified atom stereocenters. The molecule has 0 saturated heterocycles. The number of para-hydroxylation sites is 2. The van der Waals surface area contributed by atoms with E-state index in [9.17, 15) is 0 Å². The Morgan fingerprint density at radius 1 is 0.773 bits per heavy atom. The van der Waals surface area contributed by atoms with Crippen molar-refractivity contribution >= 4 is 43.1 Å². The number of benzene rings is 2. The Labute approximate surface area is 136 Å². The molecule has 2 aromatic carbocycles. The summed E-state index contributed by atoms with van der Waals surface area (Å²) in [5, 5.41) is 2.39. The van der Waals surface area contributed by atoms with Gasteiger partial charge < -0.3 is 4.90 Å². The van der Waals surface area contributed by atoms with Crippen LogP contribution in [0.15, 0.2) is 48.5 Å². The van der Waals surface area contributed by atoms with Crippen LogP contribution >= 0.6 is 22.7 Å². The lowest BCUT2D eigenvalue weighted by molar-refractivity contribution is -0.907. The second-order valence-electron chi connectivity index (χ2n) is 5.46. The molecule has 5 heteroatoms. The van der Waals surface area contributed by atoms with E-state index in [-0.39, 0.29) is 0 Å². The SMILES string of the molecule is C[NH+](Cc1nc2ccccc2s1)Cc1nc2ccccc2s1. The monoisotopic (exact) mass is 326 g/mol. The van der Waals surface area contributed by atoms with E-state index in [1.165, 1.54) is 24.3 Å². The van der Waals surface area contributed by atoms with E-state index < -0.39 is 0 Å². The minimum Gasteiger partial charge on any atom is -0.326 e. The van der Waals surface area contributed by atoms with E-state index in [4.69, 9.17) is 9.97 Å². The fourth-order valence-electron chi connectivity index (χ4n) is 2.57. The second kappa shape index (κ2) is 5.76. The third-order valence-corrected chi connectivity index (χ3v) is 5.66. The summed E-state index contributed by atoms with van der Waals surface area (Å²) in [5.41, 5.74) is 2.21. The predicted octanol–water partition coefficient (Wildman–Crippen LogP) is 3.12. The standard InChI is InChI=1S/C17H15N3S2/c1-20(10-16-18-12-6-2-4-8-14(12)21-16)11-17-19-13-7-3-5-9-15(13)22-17/h2-9H,10-11H2,1H3/p+1. The molecule has 22 heavy (non-hydrogen) atoms. The minimum absolute atomic E-state index is 0.940. The molecule has 0 amide bonds. The summed E-state index contributed by atoms with van der Waals surface area (Å²) in [6, 6.07) is 16.7. The quantitative estimate of drug-likeness (QED) is 0.624. The Balaban J connectivity index is 1.50. The highest BCUT2D eigenvalue weighted by Gasteiger charge is 2.12. The zero-order chi connectivity index (χ0) is 14.9. The molecular weight excluding hydrogens is 310 g/mol. The summed E-state index contributed by atoms with van der Waals surface area (Å²) in [7, 11) is 2.21. The van der Waals surface area contributed by atoms with Gasteiger partial charge in [0.25, 0.3) is 0 Å². The van der Waals surface area contributed by atoms with Crippen LogP contribution in [0.4, 0.5) is 0 Å². The van der Waals surface area contributed by atoms with E-state index >= 15 is 0 Å². The van der Waals surface area contributed by atoms with Gasteiger partial charge in [0, 0.05) is 0 Å². The van der Waals surface area contributed by atoms with Crippen LogP contribution in [0.2, 0.25) is 0 Å². The second-order valence-corrected chi connectivity index (χ2v) is 7.69. The molecule has 4 aromatic rings. The average molecular weight is 326 g/mol. The highest BCUT2D eigenvalue weighted by Crippen LogP contribution is 2.22. The average Bonchev–Trinajstić information content (AvgIpc) is 3.08. The molecule has 0 bridgehead atoms. The van der Waals surface area contributed by atoms with Crippen LogP contribution in [0.25, 0.3) is 20.4 Å². The normalized spacial score (nSPS) is 11.7. The Morgan fingerprint density at radius 3 is 1.68 bits per heavy atom. The minimum atomic E-state index is 0.940. The van der Waals surface area contributed by atoms with Gasteiger partial charge in [0.15, 0.2) is 0 Å². The van der Waals surface area contributed by atoms with Crippen molar-refractivity contribution in [3.05, 3.63) is 58.5 Å². The molecule has 0 atom stereocenters. The van der Waals surface area contributed by atoms with E-state index in [0.717, 1.165) is 24.1 Å². The van der Waals surface area contributed by atoms with Gasteiger partial charge in [-0.15, -0.1) is 22.7 Å². The number of quaternary nitrogens is 1. The van der Waals surface area contributed by atoms with Crippen molar-refractivity contribution in [1.82, 2.24) is 9.97 Å². The molecule has 4 rings (SSSR count). The van der Waals surface area contributed by atoms with E-state index in [0.29, 0.717) is 0 Å². The van der Waals surface area contributed by atoms with Gasteiger partial charge in [0.05, 0.1) is 27.5 Å². The van der Waals surface area contributed by atoms with Crippen molar-refractivity contribution in [3.63, 3.8) is 0 Å². The number of fused-ring (bicyclic) bond motifs is 2. The van der Waals surface area contributed by atoms with E-state index in [1.54, 1.807) is 22.7 Å². The first-order valence-electron chi connectivity index (χ1n) is 7.28.